The molecule has 0 radical (unpaired) electrons. The van der Waals surface area contributed by atoms with Crippen LogP contribution in [0.5, 0.6) is 0 Å². The molecule has 0 saturated carbocycles. The van der Waals surface area contributed by atoms with Gasteiger partial charge in [-0.05, 0) is 29.7 Å². The van der Waals surface area contributed by atoms with Crippen molar-refractivity contribution in [3.63, 3.8) is 0 Å². The first-order valence-corrected chi connectivity index (χ1v) is 5.35. The second kappa shape index (κ2) is 4.57. The van der Waals surface area contributed by atoms with Crippen LogP contribution < -0.4 is 0 Å². The zero-order valence-electron chi connectivity index (χ0n) is 9.61. The summed E-state index contributed by atoms with van der Waals surface area (Å²) in [6.45, 7) is 4.08. The summed E-state index contributed by atoms with van der Waals surface area (Å²) in [5.41, 5.74) is 1.48. The van der Waals surface area contributed by atoms with E-state index in [4.69, 9.17) is 0 Å². The number of benzene rings is 1. The Kier molecular flexibility index (Phi) is 3.13. The maximum Gasteiger partial charge on any atom is 0.159 e. The van der Waals surface area contributed by atoms with Gasteiger partial charge in [-0.3, -0.25) is 0 Å². The normalized spacial score (nSPS) is 10.9. The van der Waals surface area contributed by atoms with E-state index < -0.39 is 11.6 Å². The lowest BCUT2D eigenvalue weighted by Gasteiger charge is -2.05. The average Bonchev–Trinajstić information content (AvgIpc) is 2.33. The Morgan fingerprint density at radius 1 is 1.00 bits per heavy atom. The van der Waals surface area contributed by atoms with Gasteiger partial charge in [-0.1, -0.05) is 13.8 Å². The standard InChI is InChI=1S/C13H12F2N2/c1-8(2)10-6-16-13(17-7-10)9-3-4-11(14)12(15)5-9/h3-8H,1-2H3. The summed E-state index contributed by atoms with van der Waals surface area (Å²) >= 11 is 0. The van der Waals surface area contributed by atoms with Gasteiger partial charge in [0.2, 0.25) is 0 Å². The molecule has 17 heavy (non-hydrogen) atoms. The van der Waals surface area contributed by atoms with Gasteiger partial charge in [-0.25, -0.2) is 18.7 Å². The fourth-order valence-corrected chi connectivity index (χ4v) is 1.42. The number of hydrogen-bond donors (Lipinski definition) is 0. The lowest BCUT2D eigenvalue weighted by Crippen LogP contribution is -1.95. The van der Waals surface area contributed by atoms with E-state index in [1.807, 2.05) is 13.8 Å². The molecule has 0 aliphatic rings. The molecular weight excluding hydrogens is 222 g/mol. The van der Waals surface area contributed by atoms with E-state index in [-0.39, 0.29) is 0 Å². The minimum Gasteiger partial charge on any atom is -0.236 e. The maximum absolute atomic E-state index is 13.0. The van der Waals surface area contributed by atoms with Gasteiger partial charge in [0.15, 0.2) is 17.5 Å². The van der Waals surface area contributed by atoms with Crippen LogP contribution in [0.1, 0.15) is 25.3 Å². The van der Waals surface area contributed by atoms with E-state index >= 15 is 0 Å². The first kappa shape index (κ1) is 11.6. The van der Waals surface area contributed by atoms with E-state index in [0.717, 1.165) is 17.7 Å². The molecule has 2 rings (SSSR count). The highest BCUT2D eigenvalue weighted by atomic mass is 19.2. The Hall–Kier alpha value is -1.84. The highest BCUT2D eigenvalue weighted by Crippen LogP contribution is 2.19. The summed E-state index contributed by atoms with van der Waals surface area (Å²) in [6.07, 6.45) is 3.41. The van der Waals surface area contributed by atoms with Gasteiger partial charge in [0.05, 0.1) is 0 Å². The molecule has 0 unspecified atom stereocenters. The Balaban J connectivity index is 2.36. The van der Waals surface area contributed by atoms with E-state index in [2.05, 4.69) is 9.97 Å². The van der Waals surface area contributed by atoms with Gasteiger partial charge in [-0.15, -0.1) is 0 Å². The fraction of sp³-hybridized carbons (Fsp3) is 0.231. The van der Waals surface area contributed by atoms with E-state index in [1.165, 1.54) is 6.07 Å². The number of aromatic nitrogens is 2. The fourth-order valence-electron chi connectivity index (χ4n) is 1.42. The third-order valence-corrected chi connectivity index (χ3v) is 2.52. The molecule has 2 nitrogen and oxygen atoms in total. The molecule has 4 heteroatoms. The Labute approximate surface area is 98.4 Å². The molecule has 0 bridgehead atoms. The highest BCUT2D eigenvalue weighted by molar-refractivity contribution is 5.54. The molecule has 88 valence electrons. The predicted molar refractivity (Wildman–Crippen MR) is 61.5 cm³/mol. The molecule has 0 atom stereocenters. The number of nitrogens with zero attached hydrogens (tertiary/aromatic N) is 2. The van der Waals surface area contributed by atoms with Crippen LogP contribution in [0, 0.1) is 11.6 Å². The zero-order valence-corrected chi connectivity index (χ0v) is 9.61. The van der Waals surface area contributed by atoms with Crippen molar-refractivity contribution in [2.75, 3.05) is 0 Å². The monoisotopic (exact) mass is 234 g/mol. The molecular formula is C13H12F2N2. The predicted octanol–water partition coefficient (Wildman–Crippen LogP) is 3.55. The minimum absolute atomic E-state index is 0.342. The van der Waals surface area contributed by atoms with Crippen LogP contribution in [0.15, 0.2) is 30.6 Å². The summed E-state index contributed by atoms with van der Waals surface area (Å²) in [5, 5.41) is 0. The van der Waals surface area contributed by atoms with Gasteiger partial charge in [0, 0.05) is 18.0 Å². The average molecular weight is 234 g/mol. The van der Waals surface area contributed by atoms with Crippen LogP contribution in [-0.2, 0) is 0 Å². The summed E-state index contributed by atoms with van der Waals surface area (Å²) in [5.74, 6) is -1.02. The third kappa shape index (κ3) is 2.46. The molecule has 1 heterocycles. The van der Waals surface area contributed by atoms with Crippen molar-refractivity contribution in [2.24, 2.45) is 0 Å². The van der Waals surface area contributed by atoms with Crippen molar-refractivity contribution in [3.05, 3.63) is 47.8 Å². The summed E-state index contributed by atoms with van der Waals surface area (Å²) in [4.78, 5) is 8.28. The van der Waals surface area contributed by atoms with Crippen LogP contribution in [0.2, 0.25) is 0 Å². The van der Waals surface area contributed by atoms with E-state index in [1.54, 1.807) is 12.4 Å². The largest absolute Gasteiger partial charge is 0.236 e. The molecule has 0 fully saturated rings. The maximum atomic E-state index is 13.0. The molecule has 0 amide bonds. The smallest absolute Gasteiger partial charge is 0.159 e. The summed E-state index contributed by atoms with van der Waals surface area (Å²) < 4.78 is 25.8. The lowest BCUT2D eigenvalue weighted by molar-refractivity contribution is 0.509. The number of hydrogen-bond acceptors (Lipinski definition) is 2. The van der Waals surface area contributed by atoms with E-state index in [0.29, 0.717) is 17.3 Å². The van der Waals surface area contributed by atoms with Crippen molar-refractivity contribution >= 4 is 0 Å². The van der Waals surface area contributed by atoms with Crippen molar-refractivity contribution < 1.29 is 8.78 Å². The van der Waals surface area contributed by atoms with Crippen molar-refractivity contribution in [3.8, 4) is 11.4 Å². The van der Waals surface area contributed by atoms with Gasteiger partial charge in [-0.2, -0.15) is 0 Å². The SMILES string of the molecule is CC(C)c1cnc(-c2ccc(F)c(F)c2)nc1. The Morgan fingerprint density at radius 2 is 1.65 bits per heavy atom. The molecule has 1 aromatic heterocycles. The van der Waals surface area contributed by atoms with Crippen LogP contribution >= 0.6 is 0 Å². The van der Waals surface area contributed by atoms with Gasteiger partial charge >= 0.3 is 0 Å². The van der Waals surface area contributed by atoms with Crippen molar-refractivity contribution in [2.45, 2.75) is 19.8 Å². The zero-order chi connectivity index (χ0) is 12.4. The van der Waals surface area contributed by atoms with E-state index in [9.17, 15) is 8.78 Å². The molecule has 2 aromatic rings. The van der Waals surface area contributed by atoms with Crippen molar-refractivity contribution in [1.29, 1.82) is 0 Å². The second-order valence-corrected chi connectivity index (χ2v) is 4.12. The Bertz CT molecular complexity index is 521. The van der Waals surface area contributed by atoms with Gasteiger partial charge in [0.1, 0.15) is 0 Å². The molecule has 0 aliphatic carbocycles. The third-order valence-electron chi connectivity index (χ3n) is 2.52. The summed E-state index contributed by atoms with van der Waals surface area (Å²) in [7, 11) is 0. The summed E-state index contributed by atoms with van der Waals surface area (Å²) in [6, 6.07) is 3.63. The molecule has 1 aromatic carbocycles. The minimum atomic E-state index is -0.890. The van der Waals surface area contributed by atoms with Crippen LogP contribution in [-0.4, -0.2) is 9.97 Å². The topological polar surface area (TPSA) is 25.8 Å². The Morgan fingerprint density at radius 3 is 2.18 bits per heavy atom. The highest BCUT2D eigenvalue weighted by Gasteiger charge is 2.07. The number of rotatable bonds is 2. The lowest BCUT2D eigenvalue weighted by atomic mass is 10.1. The van der Waals surface area contributed by atoms with Gasteiger partial charge < -0.3 is 0 Å². The van der Waals surface area contributed by atoms with Crippen molar-refractivity contribution in [1.82, 2.24) is 9.97 Å². The molecule has 0 saturated heterocycles. The first-order chi connectivity index (χ1) is 8.08. The van der Waals surface area contributed by atoms with Crippen LogP contribution in [0.3, 0.4) is 0 Å². The molecule has 0 N–H and O–H groups in total. The second-order valence-electron chi connectivity index (χ2n) is 4.12. The number of halogens is 2. The quantitative estimate of drug-likeness (QED) is 0.794. The molecule has 0 aliphatic heterocycles. The van der Waals surface area contributed by atoms with Crippen LogP contribution in [0.4, 0.5) is 8.78 Å². The van der Waals surface area contributed by atoms with Gasteiger partial charge in [0.25, 0.3) is 0 Å². The molecule has 0 spiro atoms. The first-order valence-electron chi connectivity index (χ1n) is 5.35. The van der Waals surface area contributed by atoms with Crippen LogP contribution in [0.25, 0.3) is 11.4 Å².